The normalized spacial score (nSPS) is 13.9. The molecule has 0 amide bonds. The van der Waals surface area contributed by atoms with Crippen LogP contribution in [0.2, 0.25) is 5.04 Å². The van der Waals surface area contributed by atoms with E-state index >= 15 is 0 Å². The second kappa shape index (κ2) is 14.8. The maximum Gasteiger partial charge on any atom is 0.311 e. The minimum absolute atomic E-state index is 0.157. The summed E-state index contributed by atoms with van der Waals surface area (Å²) in [6.07, 6.45) is -0.236. The Bertz CT molecular complexity index is 1340. The van der Waals surface area contributed by atoms with E-state index in [1.165, 1.54) is 0 Å². The number of hydrogen-bond donors (Lipinski definition) is 0. The highest BCUT2D eigenvalue weighted by molar-refractivity contribution is 6.99. The molecule has 0 saturated heterocycles. The third-order valence-corrected chi connectivity index (χ3v) is 13.0. The highest BCUT2D eigenvalue weighted by Crippen LogP contribution is 2.38. The maximum atomic E-state index is 13.5. The number of esters is 2. The van der Waals surface area contributed by atoms with Crippen LogP contribution in [-0.2, 0) is 23.5 Å². The van der Waals surface area contributed by atoms with Crippen molar-refractivity contribution in [2.24, 2.45) is 10.8 Å². The van der Waals surface area contributed by atoms with E-state index in [0.29, 0.717) is 12.2 Å². The molecular formula is C38H52O6Si. The smallest absolute Gasteiger partial charge is 0.311 e. The van der Waals surface area contributed by atoms with Gasteiger partial charge in [-0.3, -0.25) is 9.59 Å². The molecular weight excluding hydrogens is 580 g/mol. The van der Waals surface area contributed by atoms with Crippen LogP contribution in [0.4, 0.5) is 0 Å². The zero-order valence-electron chi connectivity index (χ0n) is 28.8. The Morgan fingerprint density at radius 1 is 0.711 bits per heavy atom. The van der Waals surface area contributed by atoms with Crippen LogP contribution >= 0.6 is 0 Å². The number of rotatable bonds is 12. The van der Waals surface area contributed by atoms with Gasteiger partial charge in [0.1, 0.15) is 11.9 Å². The Balaban J connectivity index is 2.14. The fourth-order valence-corrected chi connectivity index (χ4v) is 10.0. The van der Waals surface area contributed by atoms with Crippen molar-refractivity contribution >= 4 is 30.6 Å². The largest absolute Gasteiger partial charge is 0.497 e. The summed E-state index contributed by atoms with van der Waals surface area (Å²) < 4.78 is 25.0. The van der Waals surface area contributed by atoms with Gasteiger partial charge in [-0.1, -0.05) is 93.6 Å². The van der Waals surface area contributed by atoms with Crippen molar-refractivity contribution in [1.29, 1.82) is 0 Å². The standard InChI is InChI=1S/C38H52O6Si/c1-36(2,3)34(39)42-25-24-32(28-18-17-19-29(26-28)41-10)33(44-35(40)37(4,5)6)27-43-45(38(7,8)9,30-20-13-11-14-21-30)31-22-15-12-16-23-31/h11-23,26,32-33H,24-25,27H2,1-10H3/t32-,33-/m1/s1. The molecule has 3 aromatic carbocycles. The van der Waals surface area contributed by atoms with Crippen LogP contribution in [0.1, 0.15) is 80.2 Å². The van der Waals surface area contributed by atoms with Crippen molar-refractivity contribution in [3.05, 3.63) is 90.5 Å². The zero-order chi connectivity index (χ0) is 33.5. The van der Waals surface area contributed by atoms with Crippen molar-refractivity contribution in [2.75, 3.05) is 20.3 Å². The third-order valence-electron chi connectivity index (χ3n) is 8.00. The molecule has 0 aliphatic heterocycles. The highest BCUT2D eigenvalue weighted by Gasteiger charge is 2.51. The van der Waals surface area contributed by atoms with Gasteiger partial charge in [0.25, 0.3) is 8.32 Å². The van der Waals surface area contributed by atoms with Crippen molar-refractivity contribution < 1.29 is 28.2 Å². The van der Waals surface area contributed by atoms with Crippen LogP contribution in [0.15, 0.2) is 84.9 Å². The highest BCUT2D eigenvalue weighted by atomic mass is 28.4. The van der Waals surface area contributed by atoms with E-state index in [1.807, 2.05) is 77.9 Å². The molecule has 6 nitrogen and oxygen atoms in total. The summed E-state index contributed by atoms with van der Waals surface area (Å²) >= 11 is 0. The van der Waals surface area contributed by atoms with Gasteiger partial charge in [0.2, 0.25) is 0 Å². The molecule has 3 aromatic rings. The van der Waals surface area contributed by atoms with Crippen LogP contribution in [0.3, 0.4) is 0 Å². The van der Waals surface area contributed by atoms with E-state index in [4.69, 9.17) is 18.6 Å². The van der Waals surface area contributed by atoms with Crippen LogP contribution < -0.4 is 15.1 Å². The fraction of sp³-hybridized carbons (Fsp3) is 0.474. The van der Waals surface area contributed by atoms with Gasteiger partial charge >= 0.3 is 11.9 Å². The monoisotopic (exact) mass is 632 g/mol. The van der Waals surface area contributed by atoms with Crippen molar-refractivity contribution in [2.45, 2.75) is 85.8 Å². The number of carbonyl (C=O) groups is 2. The number of benzene rings is 3. The Kier molecular flexibility index (Phi) is 11.8. The first-order chi connectivity index (χ1) is 21.0. The van der Waals surface area contributed by atoms with Gasteiger partial charge in [-0.25, -0.2) is 0 Å². The fourth-order valence-electron chi connectivity index (χ4n) is 5.45. The Morgan fingerprint density at radius 3 is 1.71 bits per heavy atom. The van der Waals surface area contributed by atoms with E-state index in [-0.39, 0.29) is 36.1 Å². The molecule has 7 heteroatoms. The zero-order valence-corrected chi connectivity index (χ0v) is 29.8. The van der Waals surface area contributed by atoms with E-state index in [0.717, 1.165) is 15.9 Å². The summed E-state index contributed by atoms with van der Waals surface area (Å²) in [5.41, 5.74) is -0.442. The summed E-state index contributed by atoms with van der Waals surface area (Å²) in [5.74, 6) is -0.243. The lowest BCUT2D eigenvalue weighted by Crippen LogP contribution is -2.67. The van der Waals surface area contributed by atoms with Gasteiger partial charge < -0.3 is 18.6 Å². The summed E-state index contributed by atoms with van der Waals surface area (Å²) in [6.45, 7) is 18.0. The van der Waals surface area contributed by atoms with Crippen molar-refractivity contribution in [1.82, 2.24) is 0 Å². The number of carbonyl (C=O) groups excluding carboxylic acids is 2. The number of hydrogen-bond acceptors (Lipinski definition) is 6. The maximum absolute atomic E-state index is 13.5. The predicted octanol–water partition coefficient (Wildman–Crippen LogP) is 7.29. The average Bonchev–Trinajstić information content (AvgIpc) is 2.98. The van der Waals surface area contributed by atoms with E-state index in [1.54, 1.807) is 7.11 Å². The van der Waals surface area contributed by atoms with Crippen LogP contribution in [0.25, 0.3) is 0 Å². The molecule has 0 N–H and O–H groups in total. The lowest BCUT2D eigenvalue weighted by atomic mass is 9.89. The van der Waals surface area contributed by atoms with Gasteiger partial charge in [0.15, 0.2) is 0 Å². The molecule has 0 bridgehead atoms. The first kappa shape index (κ1) is 36.0. The molecule has 0 saturated carbocycles. The molecule has 244 valence electrons. The lowest BCUT2D eigenvalue weighted by Gasteiger charge is -2.44. The van der Waals surface area contributed by atoms with Crippen LogP contribution in [-0.4, -0.2) is 46.7 Å². The summed E-state index contributed by atoms with van der Waals surface area (Å²) in [7, 11) is -1.32. The Morgan fingerprint density at radius 2 is 1.24 bits per heavy atom. The van der Waals surface area contributed by atoms with Crippen molar-refractivity contribution in [3.63, 3.8) is 0 Å². The van der Waals surface area contributed by atoms with Crippen molar-refractivity contribution in [3.8, 4) is 5.75 Å². The molecule has 0 aliphatic carbocycles. The summed E-state index contributed by atoms with van der Waals surface area (Å²) in [6, 6.07) is 28.6. The van der Waals surface area contributed by atoms with E-state index < -0.39 is 25.3 Å². The molecule has 0 aromatic heterocycles. The minimum atomic E-state index is -2.95. The first-order valence-electron chi connectivity index (χ1n) is 15.8. The van der Waals surface area contributed by atoms with Gasteiger partial charge in [-0.15, -0.1) is 0 Å². The molecule has 0 aliphatic rings. The second-order valence-electron chi connectivity index (χ2n) is 14.7. The average molecular weight is 633 g/mol. The number of ether oxygens (including phenoxy) is 3. The van der Waals surface area contributed by atoms with Gasteiger partial charge in [-0.05, 0) is 81.1 Å². The molecule has 2 atom stereocenters. The van der Waals surface area contributed by atoms with Gasteiger partial charge in [-0.2, -0.15) is 0 Å². The van der Waals surface area contributed by atoms with Gasteiger partial charge in [0.05, 0.1) is 31.2 Å². The predicted molar refractivity (Wildman–Crippen MR) is 184 cm³/mol. The molecule has 0 radical (unpaired) electrons. The van der Waals surface area contributed by atoms with Crippen LogP contribution in [0, 0.1) is 10.8 Å². The van der Waals surface area contributed by atoms with E-state index in [2.05, 4.69) is 69.3 Å². The molecule has 0 heterocycles. The van der Waals surface area contributed by atoms with E-state index in [9.17, 15) is 9.59 Å². The number of methoxy groups -OCH3 is 1. The summed E-state index contributed by atoms with van der Waals surface area (Å²) in [4.78, 5) is 26.2. The Labute approximate surface area is 271 Å². The van der Waals surface area contributed by atoms with Crippen LogP contribution in [0.5, 0.6) is 5.75 Å². The topological polar surface area (TPSA) is 71.1 Å². The molecule has 45 heavy (non-hydrogen) atoms. The third kappa shape index (κ3) is 9.07. The lowest BCUT2D eigenvalue weighted by molar-refractivity contribution is -0.163. The molecule has 0 fully saturated rings. The molecule has 3 rings (SSSR count). The molecule has 0 spiro atoms. The first-order valence-corrected chi connectivity index (χ1v) is 17.7. The minimum Gasteiger partial charge on any atom is -0.497 e. The molecule has 0 unspecified atom stereocenters. The van der Waals surface area contributed by atoms with Gasteiger partial charge in [0, 0.05) is 5.92 Å². The quantitative estimate of drug-likeness (QED) is 0.154. The summed E-state index contributed by atoms with van der Waals surface area (Å²) in [5, 5.41) is 2.02. The SMILES string of the molecule is COc1cccc([C@@H](CCOC(=O)C(C)(C)C)[C@@H](CO[Si](c2ccccc2)(c2ccccc2)C(C)(C)C)OC(=O)C(C)(C)C)c1. The Hall–Kier alpha value is -3.42. The second-order valence-corrected chi connectivity index (χ2v) is 19.0.